The molecule has 0 spiro atoms. The topological polar surface area (TPSA) is 34.1 Å². The summed E-state index contributed by atoms with van der Waals surface area (Å²) in [5, 5.41) is 0. The van der Waals surface area contributed by atoms with Crippen molar-refractivity contribution < 1.29 is 9.59 Å². The van der Waals surface area contributed by atoms with Crippen LogP contribution in [0.15, 0.2) is 23.8 Å². The molecule has 0 aromatic heterocycles. The minimum absolute atomic E-state index is 0.170. The molecule has 2 heteroatoms. The smallest absolute Gasteiger partial charge is 0.156 e. The molecule has 2 fully saturated rings. The predicted octanol–water partition coefficient (Wildman–Crippen LogP) is 4.50. The number of Topliss-reactive ketones (excluding diaryl/α,β-unsaturated/α-hetero) is 1. The maximum Gasteiger partial charge on any atom is 0.156 e. The average Bonchev–Trinajstić information content (AvgIpc) is 2.85. The lowest BCUT2D eigenvalue weighted by Gasteiger charge is -2.55. The first-order valence-electron chi connectivity index (χ1n) is 9.30. The molecule has 0 N–H and O–H groups in total. The Hall–Kier alpha value is -1.18. The highest BCUT2D eigenvalue weighted by atomic mass is 16.1. The van der Waals surface area contributed by atoms with Gasteiger partial charge in [-0.25, -0.2) is 0 Å². The third-order valence-electron chi connectivity index (χ3n) is 8.01. The molecular weight excluding hydrogens is 284 g/mol. The van der Waals surface area contributed by atoms with E-state index in [2.05, 4.69) is 26.0 Å². The zero-order valence-electron chi connectivity index (χ0n) is 14.6. The molecule has 0 aromatic rings. The van der Waals surface area contributed by atoms with Crippen LogP contribution in [0.1, 0.15) is 59.3 Å². The summed E-state index contributed by atoms with van der Waals surface area (Å²) < 4.78 is 0. The molecule has 2 unspecified atom stereocenters. The Morgan fingerprint density at radius 2 is 1.91 bits per heavy atom. The lowest BCUT2D eigenvalue weighted by atomic mass is 9.48. The Kier molecular flexibility index (Phi) is 3.28. The van der Waals surface area contributed by atoms with Crippen molar-refractivity contribution in [3.05, 3.63) is 23.8 Å². The number of allylic oxidation sites excluding steroid dienone is 4. The van der Waals surface area contributed by atoms with E-state index in [1.165, 1.54) is 24.8 Å². The van der Waals surface area contributed by atoms with E-state index >= 15 is 0 Å². The molecule has 0 radical (unpaired) electrons. The van der Waals surface area contributed by atoms with E-state index < -0.39 is 0 Å². The maximum absolute atomic E-state index is 12.1. The molecule has 0 saturated heterocycles. The molecule has 0 amide bonds. The normalized spacial score (nSPS) is 48.3. The van der Waals surface area contributed by atoms with Crippen LogP contribution >= 0.6 is 0 Å². The SMILES string of the molecule is CC(=O)[C@H]1CCC2C3C=CC4=CC(=O)CC[C@@]4(C)[C@@H]3CC[C@@]21C. The van der Waals surface area contributed by atoms with E-state index in [1.807, 2.05) is 6.08 Å². The zero-order valence-corrected chi connectivity index (χ0v) is 14.6. The summed E-state index contributed by atoms with van der Waals surface area (Å²) in [6.07, 6.45) is 12.9. The van der Waals surface area contributed by atoms with Crippen molar-refractivity contribution in [2.45, 2.75) is 59.3 Å². The van der Waals surface area contributed by atoms with E-state index in [0.717, 1.165) is 12.8 Å². The van der Waals surface area contributed by atoms with Crippen LogP contribution in [-0.4, -0.2) is 11.6 Å². The summed E-state index contributed by atoms with van der Waals surface area (Å²) in [7, 11) is 0. The standard InChI is InChI=1S/C21H28O2/c1-13(22)17-6-7-18-16-5-4-14-12-15(23)8-10-20(14,2)19(16)9-11-21(17,18)3/h4-5,12,16-19H,6-11H2,1-3H3/t16?,17-,18?,19-,20-,21-/m1/s1. The van der Waals surface area contributed by atoms with Gasteiger partial charge in [-0.3, -0.25) is 9.59 Å². The molecular formula is C21H28O2. The van der Waals surface area contributed by atoms with E-state index in [4.69, 9.17) is 0 Å². The van der Waals surface area contributed by atoms with Gasteiger partial charge in [0.2, 0.25) is 0 Å². The van der Waals surface area contributed by atoms with Crippen molar-refractivity contribution in [2.75, 3.05) is 0 Å². The van der Waals surface area contributed by atoms with Crippen molar-refractivity contribution in [2.24, 2.45) is 34.5 Å². The molecule has 0 aliphatic heterocycles. The van der Waals surface area contributed by atoms with Gasteiger partial charge in [-0.1, -0.05) is 26.0 Å². The number of ketones is 2. The molecule has 2 saturated carbocycles. The molecule has 4 aliphatic carbocycles. The van der Waals surface area contributed by atoms with Crippen molar-refractivity contribution in [3.8, 4) is 0 Å². The van der Waals surface area contributed by atoms with Crippen LogP contribution in [0.4, 0.5) is 0 Å². The van der Waals surface area contributed by atoms with E-state index in [9.17, 15) is 9.59 Å². The van der Waals surface area contributed by atoms with Gasteiger partial charge in [0.05, 0.1) is 0 Å². The molecule has 0 aromatic carbocycles. The van der Waals surface area contributed by atoms with Crippen molar-refractivity contribution >= 4 is 11.6 Å². The third kappa shape index (κ3) is 1.99. The van der Waals surface area contributed by atoms with Gasteiger partial charge in [-0.2, -0.15) is 0 Å². The average molecular weight is 312 g/mol. The van der Waals surface area contributed by atoms with Gasteiger partial charge in [0.15, 0.2) is 5.78 Å². The van der Waals surface area contributed by atoms with Crippen molar-refractivity contribution in [3.63, 3.8) is 0 Å². The number of hydrogen-bond acceptors (Lipinski definition) is 2. The van der Waals surface area contributed by atoms with Crippen LogP contribution in [0, 0.1) is 34.5 Å². The van der Waals surface area contributed by atoms with Gasteiger partial charge in [0.1, 0.15) is 5.78 Å². The van der Waals surface area contributed by atoms with Crippen molar-refractivity contribution in [1.82, 2.24) is 0 Å². The van der Waals surface area contributed by atoms with Crippen molar-refractivity contribution in [1.29, 1.82) is 0 Å². The molecule has 124 valence electrons. The van der Waals surface area contributed by atoms with E-state index in [-0.39, 0.29) is 16.7 Å². The Morgan fingerprint density at radius 3 is 2.65 bits per heavy atom. The number of carbonyl (C=O) groups excluding carboxylic acids is 2. The predicted molar refractivity (Wildman–Crippen MR) is 90.8 cm³/mol. The molecule has 0 bridgehead atoms. The highest BCUT2D eigenvalue weighted by molar-refractivity contribution is 5.92. The van der Waals surface area contributed by atoms with Crippen LogP contribution in [0.2, 0.25) is 0 Å². The van der Waals surface area contributed by atoms with Crippen LogP contribution in [0.25, 0.3) is 0 Å². The fraction of sp³-hybridized carbons (Fsp3) is 0.714. The van der Waals surface area contributed by atoms with Crippen LogP contribution in [0.5, 0.6) is 0 Å². The second kappa shape index (κ2) is 4.91. The first-order valence-corrected chi connectivity index (χ1v) is 9.30. The minimum Gasteiger partial charge on any atom is -0.300 e. The summed E-state index contributed by atoms with van der Waals surface area (Å²) in [6.45, 7) is 6.54. The zero-order chi connectivity index (χ0) is 16.4. The first kappa shape index (κ1) is 15.4. The molecule has 6 atom stereocenters. The van der Waals surface area contributed by atoms with Crippen LogP contribution < -0.4 is 0 Å². The minimum atomic E-state index is 0.170. The summed E-state index contributed by atoms with van der Waals surface area (Å²) in [5.41, 5.74) is 1.63. The molecule has 4 rings (SSSR count). The van der Waals surface area contributed by atoms with E-state index in [0.29, 0.717) is 35.7 Å². The van der Waals surface area contributed by atoms with Crippen LogP contribution in [-0.2, 0) is 9.59 Å². The lowest BCUT2D eigenvalue weighted by Crippen LogP contribution is -2.49. The Morgan fingerprint density at radius 1 is 1.13 bits per heavy atom. The number of carbonyl (C=O) groups is 2. The van der Waals surface area contributed by atoms with Gasteiger partial charge in [0.25, 0.3) is 0 Å². The summed E-state index contributed by atoms with van der Waals surface area (Å²) in [4.78, 5) is 24.0. The molecule has 4 aliphatic rings. The van der Waals surface area contributed by atoms with Gasteiger partial charge in [-0.15, -0.1) is 0 Å². The fourth-order valence-corrected chi connectivity index (χ4v) is 6.66. The number of rotatable bonds is 1. The largest absolute Gasteiger partial charge is 0.300 e. The van der Waals surface area contributed by atoms with Gasteiger partial charge >= 0.3 is 0 Å². The number of fused-ring (bicyclic) bond motifs is 5. The van der Waals surface area contributed by atoms with Gasteiger partial charge < -0.3 is 0 Å². The second-order valence-corrected chi connectivity index (χ2v) is 8.92. The molecule has 23 heavy (non-hydrogen) atoms. The summed E-state index contributed by atoms with van der Waals surface area (Å²) in [5.74, 6) is 2.83. The first-order chi connectivity index (χ1) is 10.9. The molecule has 2 nitrogen and oxygen atoms in total. The molecule has 0 heterocycles. The summed E-state index contributed by atoms with van der Waals surface area (Å²) in [6, 6.07) is 0. The Balaban J connectivity index is 1.72. The van der Waals surface area contributed by atoms with E-state index in [1.54, 1.807) is 6.92 Å². The maximum atomic E-state index is 12.1. The Labute approximate surface area is 139 Å². The fourth-order valence-electron chi connectivity index (χ4n) is 6.66. The Bertz CT molecular complexity index is 628. The highest BCUT2D eigenvalue weighted by Gasteiger charge is 2.58. The van der Waals surface area contributed by atoms with Gasteiger partial charge in [-0.05, 0) is 79.3 Å². The monoisotopic (exact) mass is 312 g/mol. The summed E-state index contributed by atoms with van der Waals surface area (Å²) >= 11 is 0. The number of hydrogen-bond donors (Lipinski definition) is 0. The third-order valence-corrected chi connectivity index (χ3v) is 8.01. The van der Waals surface area contributed by atoms with Gasteiger partial charge in [0, 0.05) is 12.3 Å². The van der Waals surface area contributed by atoms with Crippen LogP contribution in [0.3, 0.4) is 0 Å². The lowest BCUT2D eigenvalue weighted by molar-refractivity contribution is -0.127. The quantitative estimate of drug-likeness (QED) is 0.714. The highest BCUT2D eigenvalue weighted by Crippen LogP contribution is 2.65. The second-order valence-electron chi connectivity index (χ2n) is 8.92.